The van der Waals surface area contributed by atoms with Gasteiger partial charge in [0.05, 0.1) is 16.7 Å². The van der Waals surface area contributed by atoms with Gasteiger partial charge in [0.2, 0.25) is 0 Å². The highest BCUT2D eigenvalue weighted by Gasteiger charge is 2.16. The van der Waals surface area contributed by atoms with Gasteiger partial charge in [-0.25, -0.2) is 0 Å². The summed E-state index contributed by atoms with van der Waals surface area (Å²) in [6.45, 7) is 1.71. The van der Waals surface area contributed by atoms with Crippen LogP contribution in [0.25, 0.3) is 0 Å². The molecule has 5 nitrogen and oxygen atoms in total. The van der Waals surface area contributed by atoms with Gasteiger partial charge in [-0.05, 0) is 25.3 Å². The van der Waals surface area contributed by atoms with Gasteiger partial charge in [0.15, 0.2) is 0 Å². The summed E-state index contributed by atoms with van der Waals surface area (Å²) >= 11 is 0. The minimum absolute atomic E-state index is 0.0175. The molecule has 16 heavy (non-hydrogen) atoms. The zero-order chi connectivity index (χ0) is 11.5. The van der Waals surface area contributed by atoms with E-state index in [0.29, 0.717) is 5.69 Å². The third-order valence-corrected chi connectivity index (χ3v) is 2.72. The summed E-state index contributed by atoms with van der Waals surface area (Å²) in [4.78, 5) is 12.1. The molecule has 1 saturated heterocycles. The number of phenolic OH excluding ortho intramolecular Hbond substituents is 1. The number of rotatable bonds is 2. The first-order chi connectivity index (χ1) is 7.68. The van der Waals surface area contributed by atoms with E-state index in [-0.39, 0.29) is 11.4 Å². The fourth-order valence-corrected chi connectivity index (χ4v) is 1.88. The number of hydrogen-bond acceptors (Lipinski definition) is 4. The van der Waals surface area contributed by atoms with Crippen LogP contribution in [0, 0.1) is 16.5 Å². The van der Waals surface area contributed by atoms with Crippen molar-refractivity contribution < 1.29 is 10.0 Å². The standard InChI is InChI=1S/C11H13N2O3/c14-11-8-9(13(15)16)4-5-10(11)12-6-2-1-3-7-12/h1,4-5,8,14H,2-3,6-7H2. The summed E-state index contributed by atoms with van der Waals surface area (Å²) in [6.07, 6.45) is 4.17. The van der Waals surface area contributed by atoms with Gasteiger partial charge in [-0.15, -0.1) is 0 Å². The Morgan fingerprint density at radius 1 is 1.31 bits per heavy atom. The molecule has 1 aromatic carbocycles. The summed E-state index contributed by atoms with van der Waals surface area (Å²) in [5.41, 5.74) is 0.600. The number of phenols is 1. The minimum atomic E-state index is -0.506. The highest BCUT2D eigenvalue weighted by molar-refractivity contribution is 5.61. The van der Waals surface area contributed by atoms with Crippen LogP contribution in [0.15, 0.2) is 18.2 Å². The third kappa shape index (κ3) is 2.08. The molecule has 1 N–H and O–H groups in total. The highest BCUT2D eigenvalue weighted by atomic mass is 16.6. The molecule has 1 fully saturated rings. The summed E-state index contributed by atoms with van der Waals surface area (Å²) in [5.74, 6) is -0.0175. The zero-order valence-electron chi connectivity index (χ0n) is 8.80. The maximum atomic E-state index is 10.5. The first-order valence-electron chi connectivity index (χ1n) is 5.22. The van der Waals surface area contributed by atoms with Crippen LogP contribution in [0.1, 0.15) is 12.8 Å². The Labute approximate surface area is 93.5 Å². The van der Waals surface area contributed by atoms with Crippen LogP contribution < -0.4 is 4.90 Å². The van der Waals surface area contributed by atoms with E-state index in [9.17, 15) is 15.2 Å². The molecule has 0 spiro atoms. The molecular formula is C11H13N2O3. The van der Waals surface area contributed by atoms with Crippen molar-refractivity contribution in [2.45, 2.75) is 12.8 Å². The Morgan fingerprint density at radius 2 is 2.00 bits per heavy atom. The summed E-state index contributed by atoms with van der Waals surface area (Å²) in [7, 11) is 0. The Hall–Kier alpha value is -1.78. The second-order valence-corrected chi connectivity index (χ2v) is 3.78. The molecule has 0 aromatic heterocycles. The van der Waals surface area contributed by atoms with E-state index in [2.05, 4.69) is 6.42 Å². The Morgan fingerprint density at radius 3 is 2.56 bits per heavy atom. The lowest BCUT2D eigenvalue weighted by Gasteiger charge is -2.28. The van der Waals surface area contributed by atoms with Gasteiger partial charge in [0.25, 0.3) is 5.69 Å². The van der Waals surface area contributed by atoms with Crippen LogP contribution in [0.4, 0.5) is 11.4 Å². The topological polar surface area (TPSA) is 66.6 Å². The predicted octanol–water partition coefficient (Wildman–Crippen LogP) is 2.10. The number of aromatic hydroxyl groups is 1. The molecule has 0 unspecified atom stereocenters. The highest BCUT2D eigenvalue weighted by Crippen LogP contribution is 2.32. The quantitative estimate of drug-likeness (QED) is 0.613. The number of benzene rings is 1. The average Bonchev–Trinajstić information content (AvgIpc) is 2.30. The van der Waals surface area contributed by atoms with Gasteiger partial charge >= 0.3 is 0 Å². The number of non-ortho nitro benzene ring substituents is 1. The first kappa shape index (κ1) is 10.7. The molecule has 0 aliphatic carbocycles. The van der Waals surface area contributed by atoms with Crippen molar-refractivity contribution in [2.24, 2.45) is 0 Å². The van der Waals surface area contributed by atoms with Crippen molar-refractivity contribution in [2.75, 3.05) is 18.0 Å². The second-order valence-electron chi connectivity index (χ2n) is 3.78. The van der Waals surface area contributed by atoms with Crippen LogP contribution in [0.3, 0.4) is 0 Å². The smallest absolute Gasteiger partial charge is 0.273 e. The summed E-state index contributed by atoms with van der Waals surface area (Å²) < 4.78 is 0. The lowest BCUT2D eigenvalue weighted by molar-refractivity contribution is -0.384. The van der Waals surface area contributed by atoms with Crippen LogP contribution in [-0.2, 0) is 0 Å². The molecule has 85 valence electrons. The van der Waals surface area contributed by atoms with E-state index in [0.717, 1.165) is 25.9 Å². The van der Waals surface area contributed by atoms with E-state index in [1.807, 2.05) is 4.90 Å². The van der Waals surface area contributed by atoms with Crippen molar-refractivity contribution >= 4 is 11.4 Å². The zero-order valence-corrected chi connectivity index (χ0v) is 8.80. The van der Waals surface area contributed by atoms with Crippen molar-refractivity contribution in [3.05, 3.63) is 34.7 Å². The van der Waals surface area contributed by atoms with E-state index in [4.69, 9.17) is 0 Å². The fraction of sp³-hybridized carbons (Fsp3) is 0.364. The first-order valence-corrected chi connectivity index (χ1v) is 5.22. The third-order valence-electron chi connectivity index (χ3n) is 2.72. The van der Waals surface area contributed by atoms with Crippen LogP contribution in [0.5, 0.6) is 5.75 Å². The summed E-state index contributed by atoms with van der Waals surface area (Å²) in [5, 5.41) is 20.3. The maximum absolute atomic E-state index is 10.5. The molecule has 5 heteroatoms. The lowest BCUT2D eigenvalue weighted by atomic mass is 10.1. The number of hydrogen-bond donors (Lipinski definition) is 1. The van der Waals surface area contributed by atoms with E-state index < -0.39 is 4.92 Å². The van der Waals surface area contributed by atoms with E-state index in [1.165, 1.54) is 12.1 Å². The molecule has 1 aromatic rings. The second kappa shape index (κ2) is 4.38. The van der Waals surface area contributed by atoms with Gasteiger partial charge in [-0.3, -0.25) is 10.1 Å². The maximum Gasteiger partial charge on any atom is 0.273 e. The number of nitro benzene ring substituents is 1. The van der Waals surface area contributed by atoms with Gasteiger partial charge < -0.3 is 10.0 Å². The number of nitro groups is 1. The SMILES string of the molecule is O=[N+]([O-])c1ccc(N2CC[CH]CC2)c(O)c1. The molecule has 1 aliphatic rings. The Kier molecular flexibility index (Phi) is 2.94. The van der Waals surface area contributed by atoms with Crippen LogP contribution in [0.2, 0.25) is 0 Å². The molecule has 1 aliphatic heterocycles. The number of nitrogens with zero attached hydrogens (tertiary/aromatic N) is 2. The normalized spacial score (nSPS) is 16.1. The predicted molar refractivity (Wildman–Crippen MR) is 60.5 cm³/mol. The molecule has 1 heterocycles. The van der Waals surface area contributed by atoms with Crippen LogP contribution >= 0.6 is 0 Å². The number of piperidine rings is 1. The van der Waals surface area contributed by atoms with Crippen molar-refractivity contribution in [3.63, 3.8) is 0 Å². The molecule has 0 atom stereocenters. The lowest BCUT2D eigenvalue weighted by Crippen LogP contribution is -2.29. The molecule has 1 radical (unpaired) electrons. The largest absolute Gasteiger partial charge is 0.506 e. The average molecular weight is 221 g/mol. The van der Waals surface area contributed by atoms with Crippen molar-refractivity contribution in [1.29, 1.82) is 0 Å². The van der Waals surface area contributed by atoms with Gasteiger partial charge in [0.1, 0.15) is 5.75 Å². The van der Waals surface area contributed by atoms with Crippen LogP contribution in [-0.4, -0.2) is 23.1 Å². The molecule has 0 saturated carbocycles. The van der Waals surface area contributed by atoms with Gasteiger partial charge in [-0.2, -0.15) is 0 Å². The Bertz CT molecular complexity index is 400. The minimum Gasteiger partial charge on any atom is -0.506 e. The number of anilines is 1. The molecule has 0 amide bonds. The molecular weight excluding hydrogens is 208 g/mol. The van der Waals surface area contributed by atoms with E-state index >= 15 is 0 Å². The van der Waals surface area contributed by atoms with Gasteiger partial charge in [-0.1, -0.05) is 0 Å². The molecule has 2 rings (SSSR count). The van der Waals surface area contributed by atoms with Gasteiger partial charge in [0, 0.05) is 19.2 Å². The summed E-state index contributed by atoms with van der Waals surface area (Å²) in [6, 6.07) is 4.24. The van der Waals surface area contributed by atoms with Crippen molar-refractivity contribution in [1.82, 2.24) is 0 Å². The van der Waals surface area contributed by atoms with Crippen molar-refractivity contribution in [3.8, 4) is 5.75 Å². The van der Waals surface area contributed by atoms with E-state index in [1.54, 1.807) is 6.07 Å². The Balaban J connectivity index is 2.24. The molecule has 0 bridgehead atoms. The fourth-order valence-electron chi connectivity index (χ4n) is 1.88. The monoisotopic (exact) mass is 221 g/mol.